The summed E-state index contributed by atoms with van der Waals surface area (Å²) in [5.41, 5.74) is 0.00930. The van der Waals surface area contributed by atoms with Gasteiger partial charge >= 0.3 is 5.63 Å². The first-order chi connectivity index (χ1) is 12.5. The molecular weight excluding hydrogens is 354 g/mol. The molecule has 0 bridgehead atoms. The highest BCUT2D eigenvalue weighted by atomic mass is 32.1. The topological polar surface area (TPSA) is 80.0 Å². The largest absolute Gasteiger partial charge is 0.427 e. The molecule has 1 aliphatic rings. The van der Waals surface area contributed by atoms with Gasteiger partial charge in [0.25, 0.3) is 5.91 Å². The van der Waals surface area contributed by atoms with Crippen molar-refractivity contribution in [1.82, 2.24) is 4.90 Å². The molecule has 0 spiro atoms. The predicted molar refractivity (Wildman–Crippen MR) is 98.8 cm³/mol. The highest BCUT2D eigenvalue weighted by Gasteiger charge is 2.26. The second-order valence-corrected chi connectivity index (χ2v) is 7.89. The monoisotopic (exact) mass is 377 g/mol. The Morgan fingerprint density at radius 3 is 2.77 bits per heavy atom. The summed E-state index contributed by atoms with van der Waals surface area (Å²) in [6.45, 7) is 5.27. The average Bonchev–Trinajstić information content (AvgIpc) is 3.25. The fraction of sp³-hybridized carbons (Fsp3) is 0.474. The Morgan fingerprint density at radius 1 is 1.38 bits per heavy atom. The van der Waals surface area contributed by atoms with Gasteiger partial charge in [-0.05, 0) is 44.0 Å². The van der Waals surface area contributed by atoms with E-state index in [4.69, 9.17) is 9.15 Å². The maximum absolute atomic E-state index is 13.0. The van der Waals surface area contributed by atoms with Crippen molar-refractivity contribution in [3.8, 4) is 0 Å². The van der Waals surface area contributed by atoms with Crippen molar-refractivity contribution in [2.75, 3.05) is 26.4 Å². The number of hydrogen-bond donors (Lipinski definition) is 1. The van der Waals surface area contributed by atoms with Crippen LogP contribution in [0.15, 0.2) is 27.4 Å². The third kappa shape index (κ3) is 4.06. The van der Waals surface area contributed by atoms with E-state index in [1.54, 1.807) is 24.3 Å². The molecule has 3 rings (SSSR count). The zero-order valence-corrected chi connectivity index (χ0v) is 15.8. The van der Waals surface area contributed by atoms with Crippen LogP contribution in [0.1, 0.15) is 43.8 Å². The van der Waals surface area contributed by atoms with Crippen molar-refractivity contribution >= 4 is 17.2 Å². The quantitative estimate of drug-likeness (QED) is 0.836. The second kappa shape index (κ2) is 8.16. The Kier molecular flexibility index (Phi) is 5.90. The van der Waals surface area contributed by atoms with E-state index in [-0.39, 0.29) is 24.6 Å². The van der Waals surface area contributed by atoms with Crippen LogP contribution < -0.4 is 5.63 Å². The lowest BCUT2D eigenvalue weighted by atomic mass is 10.0. The van der Waals surface area contributed by atoms with Crippen molar-refractivity contribution in [1.29, 1.82) is 0 Å². The predicted octanol–water partition coefficient (Wildman–Crippen LogP) is 2.46. The van der Waals surface area contributed by atoms with Crippen LogP contribution in [-0.2, 0) is 11.3 Å². The minimum atomic E-state index is -0.623. The SMILES string of the molecule is Cc1ccc(CN(CCO)C(=O)c2c(C)cc(C3CCOC3)oc2=O)s1. The van der Waals surface area contributed by atoms with Crippen LogP contribution in [0.3, 0.4) is 0 Å². The first-order valence-electron chi connectivity index (χ1n) is 8.67. The molecule has 1 fully saturated rings. The van der Waals surface area contributed by atoms with E-state index in [0.717, 1.165) is 16.2 Å². The zero-order valence-electron chi connectivity index (χ0n) is 15.0. The number of hydrogen-bond acceptors (Lipinski definition) is 6. The molecule has 140 valence electrons. The van der Waals surface area contributed by atoms with Crippen LogP contribution in [0, 0.1) is 13.8 Å². The molecule has 0 radical (unpaired) electrons. The number of aliphatic hydroxyl groups is 1. The van der Waals surface area contributed by atoms with E-state index in [1.807, 2.05) is 19.1 Å². The molecule has 26 heavy (non-hydrogen) atoms. The van der Waals surface area contributed by atoms with E-state index >= 15 is 0 Å². The van der Waals surface area contributed by atoms with Crippen LogP contribution in [-0.4, -0.2) is 42.3 Å². The molecule has 7 heteroatoms. The minimum Gasteiger partial charge on any atom is -0.427 e. The Bertz CT molecular complexity index is 835. The van der Waals surface area contributed by atoms with Gasteiger partial charge in [0, 0.05) is 28.8 Å². The summed E-state index contributed by atoms with van der Waals surface area (Å²) in [6.07, 6.45) is 0.810. The summed E-state index contributed by atoms with van der Waals surface area (Å²) < 4.78 is 10.8. The van der Waals surface area contributed by atoms with Crippen LogP contribution in [0.25, 0.3) is 0 Å². The Morgan fingerprint density at radius 2 is 2.19 bits per heavy atom. The Balaban J connectivity index is 1.87. The van der Waals surface area contributed by atoms with Gasteiger partial charge < -0.3 is 19.2 Å². The van der Waals surface area contributed by atoms with Crippen LogP contribution in [0.5, 0.6) is 0 Å². The lowest BCUT2D eigenvalue weighted by Gasteiger charge is -2.21. The van der Waals surface area contributed by atoms with E-state index < -0.39 is 11.5 Å². The van der Waals surface area contributed by atoms with Gasteiger partial charge in [-0.2, -0.15) is 0 Å². The summed E-state index contributed by atoms with van der Waals surface area (Å²) >= 11 is 1.59. The normalized spacial score (nSPS) is 16.8. The molecule has 1 N–H and O–H groups in total. The van der Waals surface area contributed by atoms with Crippen LogP contribution >= 0.6 is 11.3 Å². The second-order valence-electron chi connectivity index (χ2n) is 6.52. The molecule has 1 aliphatic heterocycles. The number of aryl methyl sites for hydroxylation is 2. The van der Waals surface area contributed by atoms with Crippen LogP contribution in [0.4, 0.5) is 0 Å². The van der Waals surface area contributed by atoms with E-state index in [1.165, 1.54) is 4.90 Å². The first-order valence-corrected chi connectivity index (χ1v) is 9.49. The molecule has 0 saturated carbocycles. The number of aliphatic hydroxyl groups excluding tert-OH is 1. The molecule has 1 saturated heterocycles. The highest BCUT2D eigenvalue weighted by Crippen LogP contribution is 2.26. The highest BCUT2D eigenvalue weighted by molar-refractivity contribution is 7.11. The molecule has 6 nitrogen and oxygen atoms in total. The van der Waals surface area contributed by atoms with Gasteiger partial charge in [-0.3, -0.25) is 4.79 Å². The van der Waals surface area contributed by atoms with Crippen molar-refractivity contribution < 1.29 is 19.1 Å². The molecule has 1 amide bonds. The number of amides is 1. The Labute approximate surface area is 156 Å². The van der Waals surface area contributed by atoms with Gasteiger partial charge in [-0.15, -0.1) is 11.3 Å². The van der Waals surface area contributed by atoms with Gasteiger partial charge in [-0.1, -0.05) is 0 Å². The lowest BCUT2D eigenvalue weighted by molar-refractivity contribution is 0.0703. The van der Waals surface area contributed by atoms with Crippen molar-refractivity contribution in [3.05, 3.63) is 55.3 Å². The zero-order chi connectivity index (χ0) is 18.7. The van der Waals surface area contributed by atoms with Gasteiger partial charge in [-0.25, -0.2) is 4.79 Å². The molecule has 2 aromatic heterocycles. The van der Waals surface area contributed by atoms with Crippen LogP contribution in [0.2, 0.25) is 0 Å². The summed E-state index contributed by atoms with van der Waals surface area (Å²) in [6, 6.07) is 5.70. The fourth-order valence-corrected chi connectivity index (χ4v) is 4.05. The van der Waals surface area contributed by atoms with E-state index in [9.17, 15) is 14.7 Å². The number of rotatable bonds is 6. The maximum atomic E-state index is 13.0. The number of ether oxygens (including phenoxy) is 1. The molecule has 1 unspecified atom stereocenters. The van der Waals surface area contributed by atoms with Gasteiger partial charge in [0.1, 0.15) is 11.3 Å². The van der Waals surface area contributed by atoms with Gasteiger partial charge in [0.15, 0.2) is 0 Å². The van der Waals surface area contributed by atoms with E-state index in [0.29, 0.717) is 31.1 Å². The maximum Gasteiger partial charge on any atom is 0.349 e. The lowest BCUT2D eigenvalue weighted by Crippen LogP contribution is -2.36. The van der Waals surface area contributed by atoms with E-state index in [2.05, 4.69) is 0 Å². The van der Waals surface area contributed by atoms with Crippen molar-refractivity contribution in [2.24, 2.45) is 0 Å². The minimum absolute atomic E-state index is 0.0365. The standard InChI is InChI=1S/C19H23NO5S/c1-12-9-16(14-5-8-24-11-14)25-19(23)17(12)18(22)20(6-7-21)10-15-4-3-13(2)26-15/h3-4,9,14,21H,5-8,10-11H2,1-2H3. The number of carbonyl (C=O) groups excluding carboxylic acids is 1. The fourth-order valence-electron chi connectivity index (χ4n) is 3.14. The average molecular weight is 377 g/mol. The molecule has 3 heterocycles. The summed E-state index contributed by atoms with van der Waals surface area (Å²) in [5.74, 6) is 0.225. The summed E-state index contributed by atoms with van der Waals surface area (Å²) in [4.78, 5) is 29.1. The Hall–Kier alpha value is -1.96. The van der Waals surface area contributed by atoms with Crippen molar-refractivity contribution in [2.45, 2.75) is 32.7 Å². The molecule has 0 aromatic carbocycles. The molecular formula is C19H23NO5S. The van der Waals surface area contributed by atoms with Gasteiger partial charge in [0.2, 0.25) is 0 Å². The number of nitrogens with zero attached hydrogens (tertiary/aromatic N) is 1. The third-order valence-corrected chi connectivity index (χ3v) is 5.50. The number of thiophene rings is 1. The summed E-state index contributed by atoms with van der Waals surface area (Å²) in [5, 5.41) is 9.34. The molecule has 1 atom stereocenters. The summed E-state index contributed by atoms with van der Waals surface area (Å²) in [7, 11) is 0. The molecule has 2 aromatic rings. The number of carbonyl (C=O) groups is 1. The first kappa shape index (κ1) is 18.8. The van der Waals surface area contributed by atoms with Crippen molar-refractivity contribution in [3.63, 3.8) is 0 Å². The third-order valence-electron chi connectivity index (χ3n) is 4.51. The smallest absolute Gasteiger partial charge is 0.349 e. The van der Waals surface area contributed by atoms with Gasteiger partial charge in [0.05, 0.1) is 19.8 Å². The molecule has 0 aliphatic carbocycles.